The van der Waals surface area contributed by atoms with Gasteiger partial charge in [0.1, 0.15) is 24.5 Å². The van der Waals surface area contributed by atoms with Gasteiger partial charge in [-0.3, -0.25) is 9.59 Å². The van der Waals surface area contributed by atoms with Crippen LogP contribution in [0.5, 0.6) is 0 Å². The van der Waals surface area contributed by atoms with Crippen molar-refractivity contribution in [1.29, 1.82) is 0 Å². The Hall–Kier alpha value is -4.92. The second kappa shape index (κ2) is 13.0. The van der Waals surface area contributed by atoms with Crippen molar-refractivity contribution >= 4 is 34.5 Å². The third-order valence-electron chi connectivity index (χ3n) is 7.25. The summed E-state index contributed by atoms with van der Waals surface area (Å²) < 4.78 is 5.40. The fourth-order valence-electron chi connectivity index (χ4n) is 5.13. The molecule has 9 nitrogen and oxygen atoms in total. The molecule has 0 radical (unpaired) electrons. The lowest BCUT2D eigenvalue weighted by Gasteiger charge is -2.28. The maximum absolute atomic E-state index is 13.8. The summed E-state index contributed by atoms with van der Waals surface area (Å²) in [5.41, 5.74) is 8.60. The number of nitrogens with zero attached hydrogens (tertiary/aromatic N) is 2. The van der Waals surface area contributed by atoms with Crippen molar-refractivity contribution in [3.8, 4) is 0 Å². The minimum Gasteiger partial charge on any atom is -0.445 e. The van der Waals surface area contributed by atoms with Crippen molar-refractivity contribution in [2.75, 3.05) is 12.3 Å². The molecule has 1 aliphatic rings. The van der Waals surface area contributed by atoms with Gasteiger partial charge in [-0.25, -0.2) is 9.78 Å². The SMILES string of the molecule is Nc1nccc2cc(CNC(=O)[C@@H]3CCCN3C(=O)[C@@H](Cc3ccccc3)NC(=O)OCc3ccccc3)ccc12. The molecule has 0 spiro atoms. The molecular formula is C32H33N5O4. The first-order valence-electron chi connectivity index (χ1n) is 13.7. The zero-order chi connectivity index (χ0) is 28.6. The smallest absolute Gasteiger partial charge is 0.408 e. The molecule has 4 aromatic rings. The average molecular weight is 552 g/mol. The Balaban J connectivity index is 1.24. The number of amides is 3. The van der Waals surface area contributed by atoms with Crippen LogP contribution in [-0.2, 0) is 33.9 Å². The molecule has 1 fully saturated rings. The molecule has 3 amide bonds. The number of nitrogens with two attached hydrogens (primary N) is 1. The van der Waals surface area contributed by atoms with E-state index in [4.69, 9.17) is 10.5 Å². The summed E-state index contributed by atoms with van der Waals surface area (Å²) in [6.45, 7) is 0.837. The maximum atomic E-state index is 13.8. The minimum atomic E-state index is -0.881. The Morgan fingerprint density at radius 2 is 1.68 bits per heavy atom. The minimum absolute atomic E-state index is 0.0888. The zero-order valence-corrected chi connectivity index (χ0v) is 22.7. The number of likely N-dealkylation sites (tertiary alicyclic amines) is 1. The fourth-order valence-corrected chi connectivity index (χ4v) is 5.13. The monoisotopic (exact) mass is 551 g/mol. The third-order valence-corrected chi connectivity index (χ3v) is 7.25. The van der Waals surface area contributed by atoms with Crippen LogP contribution in [0.15, 0.2) is 91.1 Å². The highest BCUT2D eigenvalue weighted by molar-refractivity contribution is 5.93. The molecule has 0 saturated carbocycles. The van der Waals surface area contributed by atoms with Crippen LogP contribution in [0.2, 0.25) is 0 Å². The molecule has 0 bridgehead atoms. The molecular weight excluding hydrogens is 518 g/mol. The van der Waals surface area contributed by atoms with Gasteiger partial charge in [0, 0.05) is 31.1 Å². The van der Waals surface area contributed by atoms with Crippen molar-refractivity contribution in [2.24, 2.45) is 0 Å². The Morgan fingerprint density at radius 1 is 0.951 bits per heavy atom. The van der Waals surface area contributed by atoms with Crippen LogP contribution in [0.25, 0.3) is 10.8 Å². The summed E-state index contributed by atoms with van der Waals surface area (Å²) in [5.74, 6) is -0.0760. The van der Waals surface area contributed by atoms with Crippen LogP contribution in [0, 0.1) is 0 Å². The highest BCUT2D eigenvalue weighted by Crippen LogP contribution is 2.22. The highest BCUT2D eigenvalue weighted by atomic mass is 16.5. The number of benzene rings is 3. The quantitative estimate of drug-likeness (QED) is 0.289. The number of ether oxygens (including phenoxy) is 1. The van der Waals surface area contributed by atoms with Gasteiger partial charge in [-0.15, -0.1) is 0 Å². The number of carbonyl (C=O) groups excluding carboxylic acids is 3. The van der Waals surface area contributed by atoms with E-state index in [1.54, 1.807) is 11.1 Å². The molecule has 0 unspecified atom stereocenters. The molecule has 1 saturated heterocycles. The number of nitrogens with one attached hydrogen (secondary N) is 2. The van der Waals surface area contributed by atoms with Gasteiger partial charge in [-0.05, 0) is 47.1 Å². The average Bonchev–Trinajstić information content (AvgIpc) is 3.49. The number of carbonyl (C=O) groups is 3. The summed E-state index contributed by atoms with van der Waals surface area (Å²) in [6.07, 6.45) is 2.49. The molecule has 5 rings (SSSR count). The normalized spacial score (nSPS) is 15.3. The van der Waals surface area contributed by atoms with E-state index in [1.165, 1.54) is 0 Å². The van der Waals surface area contributed by atoms with Gasteiger partial charge < -0.3 is 26.0 Å². The lowest BCUT2D eigenvalue weighted by Crippen LogP contribution is -2.54. The Kier molecular flexibility index (Phi) is 8.73. The molecule has 4 N–H and O–H groups in total. The van der Waals surface area contributed by atoms with Crippen molar-refractivity contribution in [3.05, 3.63) is 108 Å². The molecule has 1 aliphatic heterocycles. The summed E-state index contributed by atoms with van der Waals surface area (Å²) in [6, 6.07) is 24.9. The van der Waals surface area contributed by atoms with Crippen LogP contribution in [0.4, 0.5) is 10.6 Å². The zero-order valence-electron chi connectivity index (χ0n) is 22.7. The van der Waals surface area contributed by atoms with Crippen molar-refractivity contribution in [3.63, 3.8) is 0 Å². The largest absolute Gasteiger partial charge is 0.445 e. The molecule has 9 heteroatoms. The number of hydrogen-bond donors (Lipinski definition) is 3. The number of alkyl carbamates (subject to hydrolysis) is 1. The molecule has 3 aromatic carbocycles. The summed E-state index contributed by atoms with van der Waals surface area (Å²) in [4.78, 5) is 45.5. The van der Waals surface area contributed by atoms with E-state index in [2.05, 4.69) is 15.6 Å². The topological polar surface area (TPSA) is 127 Å². The molecule has 210 valence electrons. The van der Waals surface area contributed by atoms with Gasteiger partial charge in [0.2, 0.25) is 11.8 Å². The third kappa shape index (κ3) is 7.00. The van der Waals surface area contributed by atoms with Crippen molar-refractivity contribution < 1.29 is 19.1 Å². The Morgan fingerprint density at radius 3 is 2.44 bits per heavy atom. The highest BCUT2D eigenvalue weighted by Gasteiger charge is 2.37. The van der Waals surface area contributed by atoms with E-state index in [-0.39, 0.29) is 24.8 Å². The van der Waals surface area contributed by atoms with Gasteiger partial charge in [-0.2, -0.15) is 0 Å². The first kappa shape index (κ1) is 27.6. The lowest BCUT2D eigenvalue weighted by atomic mass is 10.0. The van der Waals surface area contributed by atoms with Gasteiger partial charge in [-0.1, -0.05) is 72.8 Å². The lowest BCUT2D eigenvalue weighted by molar-refractivity contribution is -0.140. The fraction of sp³-hybridized carbons (Fsp3) is 0.250. The van der Waals surface area contributed by atoms with Crippen LogP contribution in [0.3, 0.4) is 0 Å². The van der Waals surface area contributed by atoms with Gasteiger partial charge >= 0.3 is 6.09 Å². The first-order chi connectivity index (χ1) is 20.0. The number of pyridine rings is 1. The predicted molar refractivity (Wildman–Crippen MR) is 156 cm³/mol. The standard InChI is InChI=1S/C32H33N5O4/c33-29-26-14-13-24(18-25(26)15-16-34-29)20-35-30(38)28-12-7-17-37(28)31(39)27(19-22-8-3-1-4-9-22)36-32(40)41-21-23-10-5-2-6-11-23/h1-6,8-11,13-16,18,27-28H,7,12,17,19-21H2,(H2,33,34)(H,35,38)(H,36,40)/t27-,28+/m1/s1. The second-order valence-corrected chi connectivity index (χ2v) is 10.1. The van der Waals surface area contributed by atoms with Gasteiger partial charge in [0.25, 0.3) is 0 Å². The number of rotatable bonds is 9. The summed E-state index contributed by atoms with van der Waals surface area (Å²) in [5, 5.41) is 7.53. The molecule has 2 heterocycles. The van der Waals surface area contributed by atoms with E-state index in [0.717, 1.165) is 27.5 Å². The van der Waals surface area contributed by atoms with E-state index >= 15 is 0 Å². The van der Waals surface area contributed by atoms with E-state index in [9.17, 15) is 14.4 Å². The second-order valence-electron chi connectivity index (χ2n) is 10.1. The molecule has 1 aromatic heterocycles. The van der Waals surface area contributed by atoms with Crippen LogP contribution in [0.1, 0.15) is 29.5 Å². The van der Waals surface area contributed by atoms with E-state index in [1.807, 2.05) is 84.9 Å². The maximum Gasteiger partial charge on any atom is 0.408 e. The van der Waals surface area contributed by atoms with Gasteiger partial charge in [0.15, 0.2) is 0 Å². The molecule has 0 aliphatic carbocycles. The Labute approximate surface area is 238 Å². The first-order valence-corrected chi connectivity index (χ1v) is 13.7. The number of anilines is 1. The number of aromatic nitrogens is 1. The van der Waals surface area contributed by atoms with Crippen LogP contribution < -0.4 is 16.4 Å². The van der Waals surface area contributed by atoms with E-state index < -0.39 is 18.2 Å². The number of fused-ring (bicyclic) bond motifs is 1. The van der Waals surface area contributed by atoms with Crippen LogP contribution in [-0.4, -0.2) is 46.4 Å². The molecule has 2 atom stereocenters. The molecule has 41 heavy (non-hydrogen) atoms. The number of nitrogen functional groups attached to an aromatic ring is 1. The van der Waals surface area contributed by atoms with E-state index in [0.29, 0.717) is 31.7 Å². The predicted octanol–water partition coefficient (Wildman–Crippen LogP) is 3.96. The van der Waals surface area contributed by atoms with Crippen LogP contribution >= 0.6 is 0 Å². The Bertz CT molecular complexity index is 1510. The number of hydrogen-bond acceptors (Lipinski definition) is 6. The summed E-state index contributed by atoms with van der Waals surface area (Å²) >= 11 is 0. The summed E-state index contributed by atoms with van der Waals surface area (Å²) in [7, 11) is 0. The van der Waals surface area contributed by atoms with Gasteiger partial charge in [0.05, 0.1) is 0 Å². The van der Waals surface area contributed by atoms with Crippen molar-refractivity contribution in [1.82, 2.24) is 20.5 Å². The van der Waals surface area contributed by atoms with Crippen molar-refractivity contribution in [2.45, 2.75) is 44.5 Å².